The van der Waals surface area contributed by atoms with E-state index >= 15 is 0 Å². The number of urea groups is 1. The van der Waals surface area contributed by atoms with Crippen molar-refractivity contribution in [2.24, 2.45) is 0 Å². The molecule has 16 heavy (non-hydrogen) atoms. The van der Waals surface area contributed by atoms with Gasteiger partial charge >= 0.3 is 6.03 Å². The van der Waals surface area contributed by atoms with Crippen LogP contribution in [0.2, 0.25) is 0 Å². The summed E-state index contributed by atoms with van der Waals surface area (Å²) >= 11 is 0. The topological polar surface area (TPSA) is 61.4 Å². The third-order valence-electron chi connectivity index (χ3n) is 2.67. The van der Waals surface area contributed by atoms with E-state index in [0.29, 0.717) is 6.54 Å². The molecule has 0 aromatic rings. The summed E-state index contributed by atoms with van der Waals surface area (Å²) in [5.41, 5.74) is 0. The van der Waals surface area contributed by atoms with Gasteiger partial charge in [0.05, 0.1) is 6.54 Å². The second-order valence-electron chi connectivity index (χ2n) is 4.05. The van der Waals surface area contributed by atoms with Gasteiger partial charge in [0.1, 0.15) is 0 Å². The molecule has 5 heteroatoms. The predicted octanol–water partition coefficient (Wildman–Crippen LogP) is 0.708. The minimum Gasteiger partial charge on any atom is -0.341 e. The lowest BCUT2D eigenvalue weighted by Crippen LogP contribution is -2.43. The van der Waals surface area contributed by atoms with Gasteiger partial charge in [-0.3, -0.25) is 4.79 Å². The lowest BCUT2D eigenvalue weighted by molar-refractivity contribution is -0.128. The van der Waals surface area contributed by atoms with Crippen molar-refractivity contribution in [3.63, 3.8) is 0 Å². The van der Waals surface area contributed by atoms with E-state index in [-0.39, 0.29) is 18.5 Å². The molecule has 0 aromatic heterocycles. The maximum atomic E-state index is 11.6. The number of unbranched alkanes of at least 4 members (excludes halogenated alkanes) is 1. The standard InChI is InChI=1S/C11H21N3O2/c1-2-3-6-12-11(16)13-9-10(15)14-7-4-5-8-14/h2-9H2,1H3,(H2,12,13,16). The Balaban J connectivity index is 2.08. The first-order valence-corrected chi connectivity index (χ1v) is 6.03. The maximum Gasteiger partial charge on any atom is 0.315 e. The van der Waals surface area contributed by atoms with Gasteiger partial charge in [-0.1, -0.05) is 13.3 Å². The van der Waals surface area contributed by atoms with Crippen LogP contribution in [-0.4, -0.2) is 43.0 Å². The highest BCUT2D eigenvalue weighted by Gasteiger charge is 2.17. The number of likely N-dealkylation sites (tertiary alicyclic amines) is 1. The lowest BCUT2D eigenvalue weighted by atomic mass is 10.3. The number of carbonyl (C=O) groups is 2. The monoisotopic (exact) mass is 227 g/mol. The Bertz CT molecular complexity index is 237. The molecule has 0 aliphatic carbocycles. The zero-order valence-electron chi connectivity index (χ0n) is 9.92. The van der Waals surface area contributed by atoms with E-state index in [4.69, 9.17) is 0 Å². The molecule has 0 aromatic carbocycles. The summed E-state index contributed by atoms with van der Waals surface area (Å²) in [6, 6.07) is -0.249. The molecule has 1 rings (SSSR count). The van der Waals surface area contributed by atoms with Gasteiger partial charge in [-0.15, -0.1) is 0 Å². The molecule has 0 saturated carbocycles. The van der Waals surface area contributed by atoms with Gasteiger partial charge in [-0.2, -0.15) is 0 Å². The largest absolute Gasteiger partial charge is 0.341 e. The second-order valence-corrected chi connectivity index (χ2v) is 4.05. The smallest absolute Gasteiger partial charge is 0.315 e. The number of nitrogens with one attached hydrogen (secondary N) is 2. The van der Waals surface area contributed by atoms with Gasteiger partial charge in [0, 0.05) is 19.6 Å². The first-order chi connectivity index (χ1) is 7.74. The van der Waals surface area contributed by atoms with Gasteiger partial charge in [0.15, 0.2) is 0 Å². The van der Waals surface area contributed by atoms with Crippen molar-refractivity contribution in [1.82, 2.24) is 15.5 Å². The van der Waals surface area contributed by atoms with Gasteiger partial charge in [0.2, 0.25) is 5.91 Å². The number of rotatable bonds is 5. The van der Waals surface area contributed by atoms with Crippen LogP contribution in [0.4, 0.5) is 4.79 Å². The maximum absolute atomic E-state index is 11.6. The molecule has 0 bridgehead atoms. The Morgan fingerprint density at radius 1 is 1.19 bits per heavy atom. The van der Waals surface area contributed by atoms with E-state index in [1.54, 1.807) is 4.90 Å². The Morgan fingerprint density at radius 3 is 2.50 bits per heavy atom. The van der Waals surface area contributed by atoms with E-state index in [9.17, 15) is 9.59 Å². The zero-order chi connectivity index (χ0) is 11.8. The summed E-state index contributed by atoms with van der Waals surface area (Å²) in [6.45, 7) is 4.50. The second kappa shape index (κ2) is 7.09. The summed E-state index contributed by atoms with van der Waals surface area (Å²) in [5.74, 6) is 0.0168. The van der Waals surface area contributed by atoms with Crippen molar-refractivity contribution in [2.45, 2.75) is 32.6 Å². The van der Waals surface area contributed by atoms with Crippen LogP contribution in [0, 0.1) is 0 Å². The minimum absolute atomic E-state index is 0.0168. The van der Waals surface area contributed by atoms with Crippen LogP contribution in [0.1, 0.15) is 32.6 Å². The van der Waals surface area contributed by atoms with Crippen LogP contribution < -0.4 is 10.6 Å². The fourth-order valence-corrected chi connectivity index (χ4v) is 1.68. The van der Waals surface area contributed by atoms with Crippen molar-refractivity contribution in [3.8, 4) is 0 Å². The molecule has 0 spiro atoms. The number of carbonyl (C=O) groups excluding carboxylic acids is 2. The number of hydrogen-bond donors (Lipinski definition) is 2. The van der Waals surface area contributed by atoms with Crippen LogP contribution in [0.15, 0.2) is 0 Å². The lowest BCUT2D eigenvalue weighted by Gasteiger charge is -2.15. The van der Waals surface area contributed by atoms with Gasteiger partial charge in [0.25, 0.3) is 0 Å². The van der Waals surface area contributed by atoms with Crippen LogP contribution in [0.3, 0.4) is 0 Å². The van der Waals surface area contributed by atoms with Gasteiger partial charge in [-0.25, -0.2) is 4.79 Å². The van der Waals surface area contributed by atoms with E-state index < -0.39 is 0 Å². The van der Waals surface area contributed by atoms with Crippen LogP contribution in [0.5, 0.6) is 0 Å². The quantitative estimate of drug-likeness (QED) is 0.679. The normalized spacial score (nSPS) is 14.9. The van der Waals surface area contributed by atoms with Gasteiger partial charge < -0.3 is 15.5 Å². The van der Waals surface area contributed by atoms with Crippen LogP contribution in [-0.2, 0) is 4.79 Å². The first-order valence-electron chi connectivity index (χ1n) is 6.03. The number of hydrogen-bond acceptors (Lipinski definition) is 2. The van der Waals surface area contributed by atoms with E-state index in [1.807, 2.05) is 0 Å². The molecule has 3 amide bonds. The highest BCUT2D eigenvalue weighted by atomic mass is 16.2. The molecule has 5 nitrogen and oxygen atoms in total. The zero-order valence-corrected chi connectivity index (χ0v) is 9.92. The van der Waals surface area contributed by atoms with E-state index in [1.165, 1.54) is 0 Å². The molecular formula is C11H21N3O2. The molecule has 1 saturated heterocycles. The average molecular weight is 227 g/mol. The van der Waals surface area contributed by atoms with Crippen LogP contribution >= 0.6 is 0 Å². The van der Waals surface area contributed by atoms with Crippen molar-refractivity contribution in [1.29, 1.82) is 0 Å². The molecule has 1 aliphatic heterocycles. The fourth-order valence-electron chi connectivity index (χ4n) is 1.68. The molecule has 92 valence electrons. The highest BCUT2D eigenvalue weighted by Crippen LogP contribution is 2.06. The van der Waals surface area contributed by atoms with Crippen LogP contribution in [0.25, 0.3) is 0 Å². The highest BCUT2D eigenvalue weighted by molar-refractivity contribution is 5.84. The molecule has 1 aliphatic rings. The van der Waals surface area contributed by atoms with E-state index in [0.717, 1.165) is 38.8 Å². The molecular weight excluding hydrogens is 206 g/mol. The molecule has 1 fully saturated rings. The fraction of sp³-hybridized carbons (Fsp3) is 0.818. The van der Waals surface area contributed by atoms with Crippen molar-refractivity contribution < 1.29 is 9.59 Å². The third kappa shape index (κ3) is 4.51. The Morgan fingerprint density at radius 2 is 1.88 bits per heavy atom. The number of amides is 3. The Hall–Kier alpha value is -1.26. The van der Waals surface area contributed by atoms with Crippen molar-refractivity contribution >= 4 is 11.9 Å². The molecule has 0 atom stereocenters. The predicted molar refractivity (Wildman–Crippen MR) is 62.1 cm³/mol. The first kappa shape index (κ1) is 12.8. The minimum atomic E-state index is -0.249. The number of nitrogens with zero attached hydrogens (tertiary/aromatic N) is 1. The summed E-state index contributed by atoms with van der Waals surface area (Å²) < 4.78 is 0. The van der Waals surface area contributed by atoms with E-state index in [2.05, 4.69) is 17.6 Å². The van der Waals surface area contributed by atoms with Crippen molar-refractivity contribution in [3.05, 3.63) is 0 Å². The summed E-state index contributed by atoms with van der Waals surface area (Å²) in [4.78, 5) is 24.6. The van der Waals surface area contributed by atoms with Crippen molar-refractivity contribution in [2.75, 3.05) is 26.2 Å². The molecule has 1 heterocycles. The Kier molecular flexibility index (Phi) is 5.67. The third-order valence-corrected chi connectivity index (χ3v) is 2.67. The SMILES string of the molecule is CCCCNC(=O)NCC(=O)N1CCCC1. The summed E-state index contributed by atoms with van der Waals surface area (Å²) in [6.07, 6.45) is 4.17. The molecule has 0 radical (unpaired) electrons. The average Bonchev–Trinajstić information content (AvgIpc) is 2.79. The summed E-state index contributed by atoms with van der Waals surface area (Å²) in [5, 5.41) is 5.29. The molecule has 2 N–H and O–H groups in total. The summed E-state index contributed by atoms with van der Waals surface area (Å²) in [7, 11) is 0. The Labute approximate surface area is 96.6 Å². The molecule has 0 unspecified atom stereocenters. The van der Waals surface area contributed by atoms with Gasteiger partial charge in [-0.05, 0) is 19.3 Å².